The van der Waals surface area contributed by atoms with Crippen molar-refractivity contribution < 1.29 is 14.8 Å². The molecule has 1 aromatic carbocycles. The molecule has 0 spiro atoms. The molecule has 1 aromatic heterocycles. The van der Waals surface area contributed by atoms with Crippen LogP contribution in [-0.4, -0.2) is 21.0 Å². The maximum atomic E-state index is 11.2. The fourth-order valence-electron chi connectivity index (χ4n) is 2.28. The molecule has 0 radical (unpaired) electrons. The lowest BCUT2D eigenvalue weighted by Crippen LogP contribution is -2.07. The van der Waals surface area contributed by atoms with E-state index in [-0.39, 0.29) is 11.5 Å². The van der Waals surface area contributed by atoms with Crippen LogP contribution in [0.1, 0.15) is 29.7 Å². The third kappa shape index (κ3) is 3.63. The summed E-state index contributed by atoms with van der Waals surface area (Å²) < 4.78 is 0. The van der Waals surface area contributed by atoms with Gasteiger partial charge in [-0.2, -0.15) is 0 Å². The largest absolute Gasteiger partial charge is 0.481 e. The maximum Gasteiger partial charge on any atom is 0.314 e. The predicted molar refractivity (Wildman–Crippen MR) is 86.1 cm³/mol. The van der Waals surface area contributed by atoms with Crippen LogP contribution in [0, 0.1) is 24.0 Å². The van der Waals surface area contributed by atoms with Crippen LogP contribution in [0.5, 0.6) is 0 Å². The van der Waals surface area contributed by atoms with Gasteiger partial charge >= 0.3 is 11.7 Å². The van der Waals surface area contributed by atoms with Crippen LogP contribution in [0.4, 0.5) is 17.2 Å². The second-order valence-corrected chi connectivity index (χ2v) is 5.34. The third-order valence-electron chi connectivity index (χ3n) is 3.54. The summed E-state index contributed by atoms with van der Waals surface area (Å²) in [6.07, 6.45) is 0. The lowest BCUT2D eigenvalue weighted by Gasteiger charge is -2.11. The highest BCUT2D eigenvalue weighted by molar-refractivity contribution is 5.76. The Hall–Kier alpha value is -2.96. The van der Waals surface area contributed by atoms with Gasteiger partial charge in [-0.3, -0.25) is 14.9 Å². The minimum atomic E-state index is -0.905. The van der Waals surface area contributed by atoms with Crippen LogP contribution >= 0.6 is 0 Å². The summed E-state index contributed by atoms with van der Waals surface area (Å²) in [5.41, 5.74) is 2.39. The topological polar surface area (TPSA) is 105 Å². The number of nitrogens with zero attached hydrogens (tertiary/aromatic N) is 2. The molecule has 120 valence electrons. The van der Waals surface area contributed by atoms with Crippen molar-refractivity contribution in [2.24, 2.45) is 0 Å². The Morgan fingerprint density at radius 3 is 2.43 bits per heavy atom. The number of nitrogens with one attached hydrogen (secondary N) is 1. The first-order chi connectivity index (χ1) is 10.8. The number of benzene rings is 1. The minimum Gasteiger partial charge on any atom is -0.481 e. The average Bonchev–Trinajstić information content (AvgIpc) is 2.46. The number of aliphatic carboxylic acids is 1. The van der Waals surface area contributed by atoms with Gasteiger partial charge in [0.25, 0.3) is 0 Å². The van der Waals surface area contributed by atoms with Gasteiger partial charge in [-0.1, -0.05) is 12.1 Å². The van der Waals surface area contributed by atoms with E-state index in [1.165, 1.54) is 0 Å². The number of aromatic nitrogens is 1. The fraction of sp³-hybridized carbons (Fsp3) is 0.250. The van der Waals surface area contributed by atoms with E-state index >= 15 is 0 Å². The Labute approximate surface area is 133 Å². The summed E-state index contributed by atoms with van der Waals surface area (Å²) in [6, 6.07) is 8.36. The van der Waals surface area contributed by atoms with Crippen molar-refractivity contribution in [1.29, 1.82) is 0 Å². The zero-order valence-corrected chi connectivity index (χ0v) is 13.0. The van der Waals surface area contributed by atoms with Crippen LogP contribution < -0.4 is 5.32 Å². The first-order valence-corrected chi connectivity index (χ1v) is 7.02. The Morgan fingerprint density at radius 2 is 1.91 bits per heavy atom. The van der Waals surface area contributed by atoms with Gasteiger partial charge in [0.1, 0.15) is 0 Å². The number of anilines is 2. The van der Waals surface area contributed by atoms with E-state index in [1.807, 2.05) is 0 Å². The quantitative estimate of drug-likeness (QED) is 0.646. The highest BCUT2D eigenvalue weighted by atomic mass is 16.6. The molecule has 2 N–H and O–H groups in total. The van der Waals surface area contributed by atoms with Gasteiger partial charge < -0.3 is 10.4 Å². The number of carboxylic acid groups (broad SMARTS) is 1. The predicted octanol–water partition coefficient (Wildman–Crippen LogP) is 3.54. The Morgan fingerprint density at radius 1 is 1.30 bits per heavy atom. The van der Waals surface area contributed by atoms with Crippen molar-refractivity contribution in [3.8, 4) is 0 Å². The molecule has 23 heavy (non-hydrogen) atoms. The second kappa shape index (κ2) is 6.43. The summed E-state index contributed by atoms with van der Waals surface area (Å²) >= 11 is 0. The van der Waals surface area contributed by atoms with Crippen LogP contribution in [0.25, 0.3) is 0 Å². The number of nitro groups is 1. The van der Waals surface area contributed by atoms with Crippen molar-refractivity contribution >= 4 is 23.2 Å². The van der Waals surface area contributed by atoms with Gasteiger partial charge in [-0.25, -0.2) is 4.98 Å². The van der Waals surface area contributed by atoms with E-state index in [1.54, 1.807) is 51.1 Å². The SMILES string of the molecule is Cc1cc(C)c([N+](=O)[O-])c(Nc2ccc(C(C)C(=O)O)cc2)n1. The molecule has 7 heteroatoms. The molecule has 0 saturated heterocycles. The van der Waals surface area contributed by atoms with Gasteiger partial charge in [-0.05, 0) is 44.5 Å². The molecule has 1 heterocycles. The zero-order chi connectivity index (χ0) is 17.1. The Kier molecular flexibility index (Phi) is 4.59. The molecule has 0 aliphatic rings. The zero-order valence-electron chi connectivity index (χ0n) is 13.0. The lowest BCUT2D eigenvalue weighted by molar-refractivity contribution is -0.384. The molecule has 2 aromatic rings. The molecule has 2 rings (SSSR count). The van der Waals surface area contributed by atoms with Gasteiger partial charge in [0.2, 0.25) is 5.82 Å². The molecule has 1 unspecified atom stereocenters. The van der Waals surface area contributed by atoms with Gasteiger partial charge in [-0.15, -0.1) is 0 Å². The van der Waals surface area contributed by atoms with E-state index < -0.39 is 16.8 Å². The van der Waals surface area contributed by atoms with Crippen LogP contribution in [-0.2, 0) is 4.79 Å². The molecule has 0 aliphatic carbocycles. The molecule has 7 nitrogen and oxygen atoms in total. The monoisotopic (exact) mass is 315 g/mol. The third-order valence-corrected chi connectivity index (χ3v) is 3.54. The minimum absolute atomic E-state index is 0.0708. The van der Waals surface area contributed by atoms with Crippen molar-refractivity contribution in [1.82, 2.24) is 4.98 Å². The summed E-state index contributed by atoms with van der Waals surface area (Å²) in [5.74, 6) is -1.35. The van der Waals surface area contributed by atoms with Crippen molar-refractivity contribution in [3.05, 3.63) is 57.3 Å². The molecule has 0 amide bonds. The average molecular weight is 315 g/mol. The molecular weight excluding hydrogens is 298 g/mol. The number of hydrogen-bond acceptors (Lipinski definition) is 5. The maximum absolute atomic E-state index is 11.2. The number of carbonyl (C=O) groups is 1. The highest BCUT2D eigenvalue weighted by Gasteiger charge is 2.20. The van der Waals surface area contributed by atoms with Crippen molar-refractivity contribution in [2.45, 2.75) is 26.7 Å². The van der Waals surface area contributed by atoms with Gasteiger partial charge in [0, 0.05) is 16.9 Å². The van der Waals surface area contributed by atoms with Crippen LogP contribution in [0.3, 0.4) is 0 Å². The molecular formula is C16H17N3O4. The number of hydrogen-bond donors (Lipinski definition) is 2. The first-order valence-electron chi connectivity index (χ1n) is 7.02. The van der Waals surface area contributed by atoms with Crippen LogP contribution in [0.15, 0.2) is 30.3 Å². The number of carboxylic acids is 1. The smallest absolute Gasteiger partial charge is 0.314 e. The number of rotatable bonds is 5. The van der Waals surface area contributed by atoms with E-state index in [0.717, 1.165) is 0 Å². The second-order valence-electron chi connectivity index (χ2n) is 5.34. The molecule has 1 atom stereocenters. The van der Waals surface area contributed by atoms with E-state index in [4.69, 9.17) is 5.11 Å². The molecule has 0 aliphatic heterocycles. The summed E-state index contributed by atoms with van der Waals surface area (Å²) in [7, 11) is 0. The normalized spacial score (nSPS) is 11.8. The van der Waals surface area contributed by atoms with Crippen molar-refractivity contribution in [3.63, 3.8) is 0 Å². The highest BCUT2D eigenvalue weighted by Crippen LogP contribution is 2.30. The summed E-state index contributed by atoms with van der Waals surface area (Å²) in [4.78, 5) is 25.9. The van der Waals surface area contributed by atoms with Crippen molar-refractivity contribution in [2.75, 3.05) is 5.32 Å². The van der Waals surface area contributed by atoms with Gasteiger partial charge in [0.05, 0.1) is 10.8 Å². The standard InChI is InChI=1S/C16H17N3O4/c1-9-8-10(2)17-15(14(9)19(22)23)18-13-6-4-12(5-7-13)11(3)16(20)21/h4-8,11H,1-3H3,(H,17,18)(H,20,21). The first kappa shape index (κ1) is 16.4. The summed E-state index contributed by atoms with van der Waals surface area (Å²) in [6.45, 7) is 5.02. The lowest BCUT2D eigenvalue weighted by atomic mass is 10.0. The molecule has 0 saturated carbocycles. The summed E-state index contributed by atoms with van der Waals surface area (Å²) in [5, 5.41) is 23.2. The number of aryl methyl sites for hydroxylation is 2. The molecule has 0 bridgehead atoms. The van der Waals surface area contributed by atoms with Crippen LogP contribution in [0.2, 0.25) is 0 Å². The van der Waals surface area contributed by atoms with Gasteiger partial charge in [0.15, 0.2) is 0 Å². The fourth-order valence-corrected chi connectivity index (χ4v) is 2.28. The van der Waals surface area contributed by atoms with E-state index in [9.17, 15) is 14.9 Å². The Balaban J connectivity index is 2.33. The Bertz CT molecular complexity index is 757. The van der Waals surface area contributed by atoms with E-state index in [2.05, 4.69) is 10.3 Å². The number of pyridine rings is 1. The molecule has 0 fully saturated rings. The van der Waals surface area contributed by atoms with E-state index in [0.29, 0.717) is 22.5 Å².